The standard InChI is InChI=1S/C12H15N3O4S2/c1-2-9-13-11(19-14-9)12(16)5-6-15(8-12)21(17,18)10-4-3-7-20-10/h3-4,7,16H,2,5-6,8H2,1H3. The zero-order valence-electron chi connectivity index (χ0n) is 11.4. The van der Waals surface area contributed by atoms with Crippen molar-refractivity contribution in [3.63, 3.8) is 0 Å². The Hall–Kier alpha value is -1.29. The summed E-state index contributed by atoms with van der Waals surface area (Å²) in [4.78, 5) is 4.12. The van der Waals surface area contributed by atoms with Crippen LogP contribution in [-0.4, -0.2) is 41.1 Å². The molecule has 0 amide bonds. The molecule has 0 bridgehead atoms. The smallest absolute Gasteiger partial charge is 0.260 e. The van der Waals surface area contributed by atoms with Crippen LogP contribution in [0.2, 0.25) is 0 Å². The van der Waals surface area contributed by atoms with Crippen molar-refractivity contribution in [2.24, 2.45) is 0 Å². The average molecular weight is 329 g/mol. The van der Waals surface area contributed by atoms with Gasteiger partial charge in [-0.1, -0.05) is 18.1 Å². The molecule has 2 aromatic heterocycles. The summed E-state index contributed by atoms with van der Waals surface area (Å²) in [6.07, 6.45) is 0.833. The van der Waals surface area contributed by atoms with Gasteiger partial charge in [-0.2, -0.15) is 9.29 Å². The number of nitrogens with zero attached hydrogens (tertiary/aromatic N) is 3. The third-order valence-electron chi connectivity index (χ3n) is 3.48. The highest BCUT2D eigenvalue weighted by Gasteiger charge is 2.46. The highest BCUT2D eigenvalue weighted by molar-refractivity contribution is 7.91. The molecule has 1 aliphatic heterocycles. The van der Waals surface area contributed by atoms with Crippen molar-refractivity contribution in [3.05, 3.63) is 29.2 Å². The summed E-state index contributed by atoms with van der Waals surface area (Å²) in [5, 5.41) is 16.1. The molecule has 1 saturated heterocycles. The Morgan fingerprint density at radius 2 is 2.38 bits per heavy atom. The summed E-state index contributed by atoms with van der Waals surface area (Å²) >= 11 is 1.16. The third-order valence-corrected chi connectivity index (χ3v) is 6.70. The first-order valence-electron chi connectivity index (χ1n) is 6.55. The molecule has 1 fully saturated rings. The van der Waals surface area contributed by atoms with Crippen molar-refractivity contribution in [2.45, 2.75) is 29.6 Å². The van der Waals surface area contributed by atoms with E-state index in [1.54, 1.807) is 17.5 Å². The largest absolute Gasteiger partial charge is 0.379 e. The van der Waals surface area contributed by atoms with Gasteiger partial charge in [-0.05, 0) is 11.4 Å². The van der Waals surface area contributed by atoms with E-state index in [2.05, 4.69) is 10.1 Å². The van der Waals surface area contributed by atoms with E-state index in [9.17, 15) is 13.5 Å². The molecule has 0 saturated carbocycles. The lowest BCUT2D eigenvalue weighted by molar-refractivity contribution is 0.0194. The molecule has 3 rings (SSSR count). The second kappa shape index (κ2) is 5.16. The van der Waals surface area contributed by atoms with Gasteiger partial charge >= 0.3 is 0 Å². The number of thiophene rings is 1. The molecule has 0 aromatic carbocycles. The van der Waals surface area contributed by atoms with Crippen LogP contribution in [0.5, 0.6) is 0 Å². The molecule has 0 aliphatic carbocycles. The van der Waals surface area contributed by atoms with Crippen molar-refractivity contribution in [1.82, 2.24) is 14.4 Å². The van der Waals surface area contributed by atoms with E-state index >= 15 is 0 Å². The number of rotatable bonds is 4. The van der Waals surface area contributed by atoms with E-state index in [1.807, 2.05) is 6.92 Å². The van der Waals surface area contributed by atoms with Gasteiger partial charge in [0.2, 0.25) is 0 Å². The summed E-state index contributed by atoms with van der Waals surface area (Å²) in [5.41, 5.74) is -1.41. The molecule has 2 aromatic rings. The summed E-state index contributed by atoms with van der Waals surface area (Å²) in [6, 6.07) is 3.24. The van der Waals surface area contributed by atoms with Gasteiger partial charge < -0.3 is 9.63 Å². The molecule has 7 nitrogen and oxygen atoms in total. The maximum absolute atomic E-state index is 12.4. The van der Waals surface area contributed by atoms with Crippen LogP contribution in [-0.2, 0) is 22.0 Å². The van der Waals surface area contributed by atoms with E-state index < -0.39 is 15.6 Å². The Morgan fingerprint density at radius 1 is 1.57 bits per heavy atom. The quantitative estimate of drug-likeness (QED) is 0.898. The highest BCUT2D eigenvalue weighted by atomic mass is 32.2. The molecule has 1 unspecified atom stereocenters. The molecular weight excluding hydrogens is 314 g/mol. The predicted octanol–water partition coefficient (Wildman–Crippen LogP) is 0.976. The third kappa shape index (κ3) is 2.50. The zero-order valence-corrected chi connectivity index (χ0v) is 13.0. The topological polar surface area (TPSA) is 96.5 Å². The first-order chi connectivity index (χ1) is 9.95. The monoisotopic (exact) mass is 329 g/mol. The van der Waals surface area contributed by atoms with Crippen molar-refractivity contribution >= 4 is 21.4 Å². The van der Waals surface area contributed by atoms with Gasteiger partial charge in [-0.3, -0.25) is 0 Å². The number of aryl methyl sites for hydroxylation is 1. The second-order valence-electron chi connectivity index (χ2n) is 4.92. The molecule has 1 aliphatic rings. The van der Waals surface area contributed by atoms with Crippen LogP contribution in [0.15, 0.2) is 26.2 Å². The molecule has 1 atom stereocenters. The summed E-state index contributed by atoms with van der Waals surface area (Å²) < 4.78 is 31.5. The summed E-state index contributed by atoms with van der Waals surface area (Å²) in [7, 11) is -3.57. The lowest BCUT2D eigenvalue weighted by atomic mass is 10.0. The number of aliphatic hydroxyl groups is 1. The van der Waals surface area contributed by atoms with E-state index in [1.165, 1.54) is 4.31 Å². The molecule has 9 heteroatoms. The van der Waals surface area contributed by atoms with Crippen LogP contribution >= 0.6 is 11.3 Å². The van der Waals surface area contributed by atoms with E-state index in [-0.39, 0.29) is 29.6 Å². The van der Waals surface area contributed by atoms with Crippen LogP contribution in [0.3, 0.4) is 0 Å². The number of aromatic nitrogens is 2. The van der Waals surface area contributed by atoms with Crippen LogP contribution in [0, 0.1) is 0 Å². The van der Waals surface area contributed by atoms with Crippen molar-refractivity contribution < 1.29 is 18.0 Å². The average Bonchev–Trinajstić information content (AvgIpc) is 3.19. The molecule has 0 spiro atoms. The number of hydrogen-bond acceptors (Lipinski definition) is 7. The Kier molecular flexibility index (Phi) is 3.60. The van der Waals surface area contributed by atoms with Crippen molar-refractivity contribution in [3.8, 4) is 0 Å². The lowest BCUT2D eigenvalue weighted by Crippen LogP contribution is -2.34. The normalized spacial score (nSPS) is 23.7. The molecule has 0 radical (unpaired) electrons. The highest BCUT2D eigenvalue weighted by Crippen LogP contribution is 2.34. The summed E-state index contributed by atoms with van der Waals surface area (Å²) in [6.45, 7) is 2.03. The fourth-order valence-corrected chi connectivity index (χ4v) is 4.90. The fourth-order valence-electron chi connectivity index (χ4n) is 2.26. The maximum Gasteiger partial charge on any atom is 0.260 e. The first-order valence-corrected chi connectivity index (χ1v) is 8.87. The minimum Gasteiger partial charge on any atom is -0.379 e. The maximum atomic E-state index is 12.4. The lowest BCUT2D eigenvalue weighted by Gasteiger charge is -2.18. The number of β-amino-alcohol motifs (C(OH)–C–C–N with tert-alkyl or cyclic N) is 1. The van der Waals surface area contributed by atoms with Gasteiger partial charge in [0, 0.05) is 19.4 Å². The SMILES string of the molecule is CCc1noc(C2(O)CCN(S(=O)(=O)c3cccs3)C2)n1. The van der Waals surface area contributed by atoms with Crippen LogP contribution < -0.4 is 0 Å². The first kappa shape index (κ1) is 14.6. The second-order valence-corrected chi connectivity index (χ2v) is 8.03. The van der Waals surface area contributed by atoms with Crippen LogP contribution in [0.1, 0.15) is 25.1 Å². The molecule has 114 valence electrons. The Morgan fingerprint density at radius 3 is 3.00 bits per heavy atom. The predicted molar refractivity (Wildman–Crippen MR) is 75.3 cm³/mol. The van der Waals surface area contributed by atoms with Crippen LogP contribution in [0.4, 0.5) is 0 Å². The minimum absolute atomic E-state index is 0.0709. The van der Waals surface area contributed by atoms with Gasteiger partial charge in [0.15, 0.2) is 11.4 Å². The van der Waals surface area contributed by atoms with Gasteiger partial charge in [-0.25, -0.2) is 8.42 Å². The molecular formula is C12H15N3O4S2. The Bertz CT molecular complexity index is 726. The van der Waals surface area contributed by atoms with E-state index in [0.29, 0.717) is 12.2 Å². The fraction of sp³-hybridized carbons (Fsp3) is 0.500. The number of sulfonamides is 1. The van der Waals surface area contributed by atoms with Crippen molar-refractivity contribution in [1.29, 1.82) is 0 Å². The van der Waals surface area contributed by atoms with Crippen LogP contribution in [0.25, 0.3) is 0 Å². The molecule has 21 heavy (non-hydrogen) atoms. The van der Waals surface area contributed by atoms with E-state index in [4.69, 9.17) is 4.52 Å². The minimum atomic E-state index is -3.57. The van der Waals surface area contributed by atoms with Gasteiger partial charge in [-0.15, -0.1) is 11.3 Å². The van der Waals surface area contributed by atoms with Gasteiger partial charge in [0.25, 0.3) is 15.9 Å². The number of hydrogen-bond donors (Lipinski definition) is 1. The molecule has 3 heterocycles. The zero-order chi connectivity index (χ0) is 15.1. The van der Waals surface area contributed by atoms with Gasteiger partial charge in [0.1, 0.15) is 4.21 Å². The van der Waals surface area contributed by atoms with E-state index in [0.717, 1.165) is 11.3 Å². The Labute approximate surface area is 126 Å². The Balaban J connectivity index is 1.85. The van der Waals surface area contributed by atoms with Gasteiger partial charge in [0.05, 0.1) is 6.54 Å². The molecule has 1 N–H and O–H groups in total. The summed E-state index contributed by atoms with van der Waals surface area (Å²) in [5.74, 6) is 0.584. The van der Waals surface area contributed by atoms with Crippen molar-refractivity contribution in [2.75, 3.05) is 13.1 Å².